The third-order valence-electron chi connectivity index (χ3n) is 5.58. The van der Waals surface area contributed by atoms with E-state index in [-0.39, 0.29) is 0 Å². The highest BCUT2D eigenvalue weighted by molar-refractivity contribution is 5.73. The van der Waals surface area contributed by atoms with Gasteiger partial charge in [-0.05, 0) is 37.7 Å². The van der Waals surface area contributed by atoms with Gasteiger partial charge in [-0.2, -0.15) is 13.2 Å². The van der Waals surface area contributed by atoms with E-state index in [0.717, 1.165) is 31.6 Å². The molecular formula is C18H25F3N4O3. The van der Waals surface area contributed by atoms with Gasteiger partial charge in [0.15, 0.2) is 0 Å². The van der Waals surface area contributed by atoms with Crippen molar-refractivity contribution < 1.29 is 27.8 Å². The van der Waals surface area contributed by atoms with E-state index in [1.165, 1.54) is 38.8 Å². The Hall–Kier alpha value is -1.94. The number of likely N-dealkylation sites (tertiary alicyclic amines) is 1. The summed E-state index contributed by atoms with van der Waals surface area (Å²) in [5, 5.41) is 7.12. The van der Waals surface area contributed by atoms with Crippen molar-refractivity contribution in [3.63, 3.8) is 0 Å². The van der Waals surface area contributed by atoms with Crippen LogP contribution in [0.25, 0.3) is 0 Å². The monoisotopic (exact) mass is 402 g/mol. The molecule has 3 saturated heterocycles. The fraction of sp³-hybridized carbons (Fsp3) is 0.722. The van der Waals surface area contributed by atoms with Crippen LogP contribution in [0.5, 0.6) is 0 Å². The summed E-state index contributed by atoms with van der Waals surface area (Å²) in [6, 6.07) is 3.22. The Bertz CT molecular complexity index is 641. The number of carboxylic acids is 1. The molecule has 3 aliphatic rings. The number of nitrogens with zero attached hydrogens (tertiary/aromatic N) is 4. The molecule has 3 fully saturated rings. The molecule has 156 valence electrons. The Balaban J connectivity index is 0.000000279. The number of fused-ring (bicyclic) bond motifs is 1. The fourth-order valence-corrected chi connectivity index (χ4v) is 4.25. The van der Waals surface area contributed by atoms with Crippen LogP contribution in [0.1, 0.15) is 25.7 Å². The summed E-state index contributed by atoms with van der Waals surface area (Å²) in [6.07, 6.45) is 3.60. The molecule has 4 rings (SSSR count). The summed E-state index contributed by atoms with van der Waals surface area (Å²) in [5.41, 5.74) is 0. The molecule has 10 heteroatoms. The maximum atomic E-state index is 10.6. The van der Waals surface area contributed by atoms with Crippen LogP contribution < -0.4 is 4.90 Å². The standard InChI is InChI=1S/C16H24N4O.C2HF3O2/c1-6-17-16(18-7-1)20-9-3-14-15(20)2-8-19(14)12-13-4-10-21-11-5-13;3-2(4,5)1(6)7/h1,6-7,13-15H,2-5,8-12H2;(H,6,7)/t14-,15+;/m1./s1. The summed E-state index contributed by atoms with van der Waals surface area (Å²) in [7, 11) is 0. The zero-order valence-corrected chi connectivity index (χ0v) is 15.5. The molecule has 0 unspecified atom stereocenters. The summed E-state index contributed by atoms with van der Waals surface area (Å²) in [4.78, 5) is 22.9. The number of rotatable bonds is 3. The van der Waals surface area contributed by atoms with Crippen molar-refractivity contribution in [3.05, 3.63) is 18.5 Å². The van der Waals surface area contributed by atoms with Crippen LogP contribution in [0.15, 0.2) is 18.5 Å². The van der Waals surface area contributed by atoms with Gasteiger partial charge in [0.05, 0.1) is 0 Å². The van der Waals surface area contributed by atoms with Gasteiger partial charge in [0.1, 0.15) is 0 Å². The first kappa shape index (κ1) is 20.8. The van der Waals surface area contributed by atoms with Crippen molar-refractivity contribution in [2.75, 3.05) is 37.7 Å². The van der Waals surface area contributed by atoms with Crippen molar-refractivity contribution in [2.45, 2.75) is 43.9 Å². The molecule has 28 heavy (non-hydrogen) atoms. The molecule has 0 aliphatic carbocycles. The normalized spacial score (nSPS) is 25.9. The van der Waals surface area contributed by atoms with E-state index in [1.54, 1.807) is 0 Å². The van der Waals surface area contributed by atoms with Crippen LogP contribution in [0, 0.1) is 5.92 Å². The van der Waals surface area contributed by atoms with Gasteiger partial charge >= 0.3 is 12.1 Å². The zero-order chi connectivity index (χ0) is 20.1. The molecule has 7 nitrogen and oxygen atoms in total. The molecule has 0 aromatic carbocycles. The number of carboxylic acid groups (broad SMARTS) is 1. The van der Waals surface area contributed by atoms with E-state index in [9.17, 15) is 13.2 Å². The van der Waals surface area contributed by atoms with Crippen LogP contribution in [-0.4, -0.2) is 77.1 Å². The number of halogens is 3. The van der Waals surface area contributed by atoms with E-state index in [1.807, 2.05) is 18.5 Å². The fourth-order valence-electron chi connectivity index (χ4n) is 4.25. The van der Waals surface area contributed by atoms with E-state index in [2.05, 4.69) is 19.8 Å². The third kappa shape index (κ3) is 5.11. The van der Waals surface area contributed by atoms with E-state index < -0.39 is 12.1 Å². The number of hydrogen-bond acceptors (Lipinski definition) is 6. The minimum Gasteiger partial charge on any atom is -0.475 e. The lowest BCUT2D eigenvalue weighted by Gasteiger charge is -2.30. The largest absolute Gasteiger partial charge is 0.490 e. The van der Waals surface area contributed by atoms with Crippen molar-refractivity contribution in [1.29, 1.82) is 0 Å². The molecule has 1 aromatic heterocycles. The zero-order valence-electron chi connectivity index (χ0n) is 15.5. The van der Waals surface area contributed by atoms with Crippen molar-refractivity contribution in [3.8, 4) is 0 Å². The number of alkyl halides is 3. The number of anilines is 1. The van der Waals surface area contributed by atoms with Crippen LogP contribution in [-0.2, 0) is 9.53 Å². The Kier molecular flexibility index (Phi) is 6.71. The molecule has 1 N–H and O–H groups in total. The maximum Gasteiger partial charge on any atom is 0.490 e. The molecule has 0 amide bonds. The van der Waals surface area contributed by atoms with Crippen LogP contribution in [0.3, 0.4) is 0 Å². The lowest BCUT2D eigenvalue weighted by Crippen LogP contribution is -2.40. The SMILES string of the molecule is O=C(O)C(F)(F)F.c1cnc(N2CC[C@@H]3[C@@H]2CCN3CC2CCOCC2)nc1. The minimum absolute atomic E-state index is 0.618. The predicted octanol–water partition coefficient (Wildman–Crippen LogP) is 2.19. The average molecular weight is 402 g/mol. The summed E-state index contributed by atoms with van der Waals surface area (Å²) >= 11 is 0. The number of carbonyl (C=O) groups is 1. The second-order valence-corrected chi connectivity index (χ2v) is 7.31. The number of hydrogen-bond donors (Lipinski definition) is 1. The number of aromatic nitrogens is 2. The Morgan fingerprint density at radius 3 is 2.32 bits per heavy atom. The van der Waals surface area contributed by atoms with Crippen LogP contribution >= 0.6 is 0 Å². The molecule has 0 spiro atoms. The van der Waals surface area contributed by atoms with Gasteiger partial charge in [-0.15, -0.1) is 0 Å². The number of ether oxygens (including phenoxy) is 1. The molecule has 0 bridgehead atoms. The highest BCUT2D eigenvalue weighted by Crippen LogP contribution is 2.34. The van der Waals surface area contributed by atoms with E-state index in [4.69, 9.17) is 14.6 Å². The van der Waals surface area contributed by atoms with Crippen LogP contribution in [0.2, 0.25) is 0 Å². The Morgan fingerprint density at radius 2 is 1.71 bits per heavy atom. The van der Waals surface area contributed by atoms with Gasteiger partial charge in [0.25, 0.3) is 0 Å². The molecule has 0 radical (unpaired) electrons. The van der Waals surface area contributed by atoms with Gasteiger partial charge in [0, 0.05) is 57.3 Å². The van der Waals surface area contributed by atoms with E-state index >= 15 is 0 Å². The molecule has 2 atom stereocenters. The second kappa shape index (κ2) is 9.04. The molecule has 0 saturated carbocycles. The highest BCUT2D eigenvalue weighted by atomic mass is 19.4. The lowest BCUT2D eigenvalue weighted by molar-refractivity contribution is -0.192. The van der Waals surface area contributed by atoms with E-state index in [0.29, 0.717) is 12.1 Å². The summed E-state index contributed by atoms with van der Waals surface area (Å²) in [6.45, 7) is 5.50. The van der Waals surface area contributed by atoms with Crippen molar-refractivity contribution >= 4 is 11.9 Å². The van der Waals surface area contributed by atoms with Crippen molar-refractivity contribution in [2.24, 2.45) is 5.92 Å². The average Bonchev–Trinajstić information content (AvgIpc) is 3.26. The van der Waals surface area contributed by atoms with Gasteiger partial charge in [0.2, 0.25) is 5.95 Å². The molecule has 4 heterocycles. The van der Waals surface area contributed by atoms with Gasteiger partial charge in [-0.25, -0.2) is 14.8 Å². The maximum absolute atomic E-state index is 10.6. The first-order valence-corrected chi connectivity index (χ1v) is 9.52. The minimum atomic E-state index is -5.08. The summed E-state index contributed by atoms with van der Waals surface area (Å²) < 4.78 is 37.2. The Labute approximate surface area is 161 Å². The first-order valence-electron chi connectivity index (χ1n) is 9.52. The van der Waals surface area contributed by atoms with Crippen molar-refractivity contribution in [1.82, 2.24) is 14.9 Å². The lowest BCUT2D eigenvalue weighted by atomic mass is 9.99. The summed E-state index contributed by atoms with van der Waals surface area (Å²) in [5.74, 6) is -1.01. The quantitative estimate of drug-likeness (QED) is 0.830. The smallest absolute Gasteiger partial charge is 0.475 e. The molecule has 3 aliphatic heterocycles. The topological polar surface area (TPSA) is 78.8 Å². The molecule has 1 aromatic rings. The third-order valence-corrected chi connectivity index (χ3v) is 5.58. The van der Waals surface area contributed by atoms with Gasteiger partial charge in [-0.1, -0.05) is 0 Å². The number of aliphatic carboxylic acids is 1. The second-order valence-electron chi connectivity index (χ2n) is 7.31. The highest BCUT2D eigenvalue weighted by Gasteiger charge is 2.43. The molecular weight excluding hydrogens is 377 g/mol. The first-order chi connectivity index (χ1) is 13.4. The van der Waals surface area contributed by atoms with Gasteiger partial charge < -0.3 is 14.7 Å². The van der Waals surface area contributed by atoms with Crippen LogP contribution in [0.4, 0.5) is 19.1 Å². The van der Waals surface area contributed by atoms with Gasteiger partial charge in [-0.3, -0.25) is 4.90 Å². The predicted molar refractivity (Wildman–Crippen MR) is 95.0 cm³/mol. The Morgan fingerprint density at radius 1 is 1.11 bits per heavy atom.